The van der Waals surface area contributed by atoms with E-state index in [1.54, 1.807) is 7.11 Å². The number of halogens is 1. The Morgan fingerprint density at radius 2 is 2.39 bits per heavy atom. The van der Waals surface area contributed by atoms with E-state index in [0.717, 1.165) is 11.3 Å². The van der Waals surface area contributed by atoms with Crippen LogP contribution >= 0.6 is 11.6 Å². The third-order valence-corrected chi connectivity index (χ3v) is 2.91. The van der Waals surface area contributed by atoms with Gasteiger partial charge in [0.1, 0.15) is 5.65 Å². The maximum absolute atomic E-state index is 9.52. The highest BCUT2D eigenvalue weighted by Crippen LogP contribution is 2.17. The van der Waals surface area contributed by atoms with Gasteiger partial charge in [-0.05, 0) is 12.1 Å². The van der Waals surface area contributed by atoms with Crippen molar-refractivity contribution < 1.29 is 9.84 Å². The molecule has 2 aromatic rings. The largest absolute Gasteiger partial charge is 0.389 e. The zero-order valence-corrected chi connectivity index (χ0v) is 10.9. The van der Waals surface area contributed by atoms with Crippen LogP contribution in [0.1, 0.15) is 5.69 Å². The lowest BCUT2D eigenvalue weighted by atomic mass is 10.3. The number of rotatable bonds is 6. The third-order valence-electron chi connectivity index (χ3n) is 2.61. The molecule has 1 unspecified atom stereocenters. The van der Waals surface area contributed by atoms with Crippen LogP contribution < -0.4 is 5.32 Å². The highest BCUT2D eigenvalue weighted by Gasteiger charge is 2.10. The molecule has 2 N–H and O–H groups in total. The number of hydrogen-bond acceptors (Lipinski definition) is 4. The van der Waals surface area contributed by atoms with Gasteiger partial charge >= 0.3 is 0 Å². The summed E-state index contributed by atoms with van der Waals surface area (Å²) in [7, 11) is 1.56. The fourth-order valence-electron chi connectivity index (χ4n) is 1.78. The number of hydrogen-bond donors (Lipinski definition) is 2. The summed E-state index contributed by atoms with van der Waals surface area (Å²) in [4.78, 5) is 4.25. The molecule has 98 valence electrons. The topological polar surface area (TPSA) is 58.8 Å². The van der Waals surface area contributed by atoms with Crippen molar-refractivity contribution in [2.45, 2.75) is 12.6 Å². The van der Waals surface area contributed by atoms with Crippen LogP contribution in [0.4, 0.5) is 0 Å². The maximum Gasteiger partial charge on any atom is 0.152 e. The van der Waals surface area contributed by atoms with E-state index in [2.05, 4.69) is 10.3 Å². The molecule has 2 rings (SSSR count). The number of aliphatic hydroxyl groups excluding tert-OH is 1. The Bertz CT molecular complexity index is 515. The van der Waals surface area contributed by atoms with Crippen molar-refractivity contribution in [3.05, 3.63) is 35.2 Å². The highest BCUT2D eigenvalue weighted by atomic mass is 35.5. The van der Waals surface area contributed by atoms with Gasteiger partial charge in [0.05, 0.1) is 18.4 Å². The van der Waals surface area contributed by atoms with Gasteiger partial charge in [-0.3, -0.25) is 0 Å². The van der Waals surface area contributed by atoms with Crippen LogP contribution in [0.2, 0.25) is 5.15 Å². The normalized spacial score (nSPS) is 13.1. The van der Waals surface area contributed by atoms with E-state index in [0.29, 0.717) is 24.8 Å². The van der Waals surface area contributed by atoms with Gasteiger partial charge < -0.3 is 19.6 Å². The van der Waals surface area contributed by atoms with Crippen LogP contribution in [0, 0.1) is 0 Å². The van der Waals surface area contributed by atoms with Gasteiger partial charge in [0.25, 0.3) is 0 Å². The van der Waals surface area contributed by atoms with Gasteiger partial charge in [-0.2, -0.15) is 0 Å². The Morgan fingerprint density at radius 1 is 1.56 bits per heavy atom. The lowest BCUT2D eigenvalue weighted by molar-refractivity contribution is 0.0643. The number of imidazole rings is 1. The fourth-order valence-corrected chi connectivity index (χ4v) is 2.03. The van der Waals surface area contributed by atoms with E-state index in [4.69, 9.17) is 16.3 Å². The number of ether oxygens (including phenoxy) is 1. The predicted octanol–water partition coefficient (Wildman–Crippen LogP) is 1.08. The van der Waals surface area contributed by atoms with E-state index in [1.165, 1.54) is 0 Å². The Hall–Kier alpha value is -1.14. The SMILES string of the molecule is COCC(O)CNCc1c(Cl)nc2ccccn12. The van der Waals surface area contributed by atoms with E-state index in [1.807, 2.05) is 28.8 Å². The first kappa shape index (κ1) is 13.3. The minimum atomic E-state index is -0.520. The van der Waals surface area contributed by atoms with Crippen LogP contribution in [0.5, 0.6) is 0 Å². The fraction of sp³-hybridized carbons (Fsp3) is 0.417. The predicted molar refractivity (Wildman–Crippen MR) is 69.8 cm³/mol. The van der Waals surface area contributed by atoms with Crippen molar-refractivity contribution in [2.75, 3.05) is 20.3 Å². The molecule has 0 bridgehead atoms. The summed E-state index contributed by atoms with van der Waals surface area (Å²) in [6.07, 6.45) is 1.39. The first-order valence-corrected chi connectivity index (χ1v) is 6.09. The number of aromatic nitrogens is 2. The van der Waals surface area contributed by atoms with Crippen LogP contribution in [-0.4, -0.2) is 40.9 Å². The van der Waals surface area contributed by atoms with E-state index < -0.39 is 6.10 Å². The first-order chi connectivity index (χ1) is 8.72. The van der Waals surface area contributed by atoms with Crippen LogP contribution in [0.15, 0.2) is 24.4 Å². The maximum atomic E-state index is 9.52. The molecule has 0 aliphatic carbocycles. The molecule has 0 aliphatic rings. The van der Waals surface area contributed by atoms with Crippen molar-refractivity contribution in [1.82, 2.24) is 14.7 Å². The number of methoxy groups -OCH3 is 1. The van der Waals surface area contributed by atoms with Crippen molar-refractivity contribution >= 4 is 17.2 Å². The van der Waals surface area contributed by atoms with Crippen LogP contribution in [0.3, 0.4) is 0 Å². The molecule has 0 aromatic carbocycles. The van der Waals surface area contributed by atoms with E-state index >= 15 is 0 Å². The zero-order chi connectivity index (χ0) is 13.0. The van der Waals surface area contributed by atoms with Crippen molar-refractivity contribution in [2.24, 2.45) is 0 Å². The zero-order valence-electron chi connectivity index (χ0n) is 10.1. The minimum absolute atomic E-state index is 0.313. The van der Waals surface area contributed by atoms with Crippen molar-refractivity contribution in [1.29, 1.82) is 0 Å². The molecule has 2 aromatic heterocycles. The van der Waals surface area contributed by atoms with Gasteiger partial charge in [0, 0.05) is 26.4 Å². The quantitative estimate of drug-likeness (QED) is 0.824. The number of pyridine rings is 1. The monoisotopic (exact) mass is 269 g/mol. The standard InChI is InChI=1S/C12H16ClN3O2/c1-18-8-9(17)6-14-7-10-12(13)15-11-4-2-3-5-16(10)11/h2-5,9,14,17H,6-8H2,1H3. The number of aliphatic hydroxyl groups is 1. The van der Waals surface area contributed by atoms with Gasteiger partial charge in [-0.1, -0.05) is 17.7 Å². The molecule has 0 spiro atoms. The van der Waals surface area contributed by atoms with Gasteiger partial charge in [-0.15, -0.1) is 0 Å². The molecule has 0 aliphatic heterocycles. The highest BCUT2D eigenvalue weighted by molar-refractivity contribution is 6.30. The lowest BCUT2D eigenvalue weighted by Gasteiger charge is -2.10. The van der Waals surface area contributed by atoms with Gasteiger partial charge in [0.2, 0.25) is 0 Å². The smallest absolute Gasteiger partial charge is 0.152 e. The second-order valence-corrected chi connectivity index (χ2v) is 4.38. The van der Waals surface area contributed by atoms with E-state index in [9.17, 15) is 5.11 Å². The Morgan fingerprint density at radius 3 is 3.17 bits per heavy atom. The Labute approximate surface area is 110 Å². The molecule has 0 fully saturated rings. The van der Waals surface area contributed by atoms with Crippen molar-refractivity contribution in [3.63, 3.8) is 0 Å². The van der Waals surface area contributed by atoms with E-state index in [-0.39, 0.29) is 0 Å². The molecule has 0 saturated heterocycles. The summed E-state index contributed by atoms with van der Waals surface area (Å²) in [6.45, 7) is 1.31. The summed E-state index contributed by atoms with van der Waals surface area (Å²) >= 11 is 6.08. The van der Waals surface area contributed by atoms with Crippen LogP contribution in [-0.2, 0) is 11.3 Å². The van der Waals surface area contributed by atoms with Crippen LogP contribution in [0.25, 0.3) is 5.65 Å². The number of nitrogens with one attached hydrogen (secondary N) is 1. The van der Waals surface area contributed by atoms with Gasteiger partial charge in [0.15, 0.2) is 5.15 Å². The average molecular weight is 270 g/mol. The molecule has 0 amide bonds. The molecule has 6 heteroatoms. The summed E-state index contributed by atoms with van der Waals surface area (Å²) in [5, 5.41) is 13.1. The summed E-state index contributed by atoms with van der Waals surface area (Å²) in [5.41, 5.74) is 1.70. The molecular weight excluding hydrogens is 254 g/mol. The van der Waals surface area contributed by atoms with Gasteiger partial charge in [-0.25, -0.2) is 4.98 Å². The van der Waals surface area contributed by atoms with Crippen molar-refractivity contribution in [3.8, 4) is 0 Å². The second kappa shape index (κ2) is 6.15. The number of fused-ring (bicyclic) bond motifs is 1. The Balaban J connectivity index is 2.01. The molecule has 0 saturated carbocycles. The first-order valence-electron chi connectivity index (χ1n) is 5.71. The third kappa shape index (κ3) is 3.00. The summed E-state index contributed by atoms with van der Waals surface area (Å²) in [6, 6.07) is 5.74. The number of nitrogens with zero attached hydrogens (tertiary/aromatic N) is 2. The lowest BCUT2D eigenvalue weighted by Crippen LogP contribution is -2.30. The molecule has 2 heterocycles. The molecule has 18 heavy (non-hydrogen) atoms. The molecule has 5 nitrogen and oxygen atoms in total. The Kier molecular flexibility index (Phi) is 4.54. The average Bonchev–Trinajstić information content (AvgIpc) is 2.66. The molecule has 0 radical (unpaired) electrons. The molecular formula is C12H16ClN3O2. The summed E-state index contributed by atoms with van der Waals surface area (Å²) in [5.74, 6) is 0. The molecule has 1 atom stereocenters. The summed E-state index contributed by atoms with van der Waals surface area (Å²) < 4.78 is 6.78. The minimum Gasteiger partial charge on any atom is -0.389 e. The second-order valence-electron chi connectivity index (χ2n) is 4.02.